The summed E-state index contributed by atoms with van der Waals surface area (Å²) < 4.78 is 2.73. The zero-order valence-corrected chi connectivity index (χ0v) is 16.9. The lowest BCUT2D eigenvalue weighted by atomic mass is 9.91. The Morgan fingerprint density at radius 3 is 2.64 bits per heavy atom. The van der Waals surface area contributed by atoms with E-state index in [2.05, 4.69) is 72.2 Å². The van der Waals surface area contributed by atoms with Crippen molar-refractivity contribution in [2.24, 2.45) is 10.2 Å². The van der Waals surface area contributed by atoms with Gasteiger partial charge in [0.1, 0.15) is 0 Å². The molecule has 0 amide bonds. The molecule has 0 atom stereocenters. The average molecular weight is 379 g/mol. The van der Waals surface area contributed by atoms with Crippen LogP contribution in [-0.2, 0) is 5.41 Å². The Bertz CT molecular complexity index is 897. The minimum Gasteiger partial charge on any atom is -0.258 e. The zero-order chi connectivity index (χ0) is 18.2. The number of hydrogen-bond donors (Lipinski definition) is 1. The summed E-state index contributed by atoms with van der Waals surface area (Å²) >= 11 is 3.08. The molecular weight excluding hydrogens is 356 g/mol. The Morgan fingerprint density at radius 2 is 2.00 bits per heavy atom. The number of thioether (sulfide) groups is 1. The first-order valence-corrected chi connectivity index (χ1v) is 9.97. The smallest absolute Gasteiger partial charge is 0.252 e. The van der Waals surface area contributed by atoms with E-state index in [1.54, 1.807) is 11.8 Å². The number of aromatic amines is 1. The monoisotopic (exact) mass is 378 g/mol. The third-order valence-electron chi connectivity index (χ3n) is 3.48. The SMILES string of the molecule is CCSc1nnc(/N=N/c2c(C(C)(C)C)nn3c(C(C)C)n[nH]c23)s1. The minimum absolute atomic E-state index is 0.167. The topological polar surface area (TPSA) is 96.5 Å². The molecule has 1 N–H and O–H groups in total. The molecule has 0 bridgehead atoms. The first-order chi connectivity index (χ1) is 11.8. The van der Waals surface area contributed by atoms with Crippen molar-refractivity contribution in [3.8, 4) is 0 Å². The van der Waals surface area contributed by atoms with Crippen LogP contribution in [0.3, 0.4) is 0 Å². The van der Waals surface area contributed by atoms with E-state index in [0.29, 0.717) is 10.8 Å². The van der Waals surface area contributed by atoms with E-state index >= 15 is 0 Å². The van der Waals surface area contributed by atoms with Crippen molar-refractivity contribution in [2.75, 3.05) is 5.75 Å². The number of fused-ring (bicyclic) bond motifs is 1. The van der Waals surface area contributed by atoms with Crippen LogP contribution < -0.4 is 0 Å². The lowest BCUT2D eigenvalue weighted by molar-refractivity contribution is 0.558. The first kappa shape index (κ1) is 18.0. The summed E-state index contributed by atoms with van der Waals surface area (Å²) in [6, 6.07) is 0. The van der Waals surface area contributed by atoms with E-state index in [-0.39, 0.29) is 11.3 Å². The molecule has 0 spiro atoms. The Hall–Kier alpha value is -1.81. The summed E-state index contributed by atoms with van der Waals surface area (Å²) in [5, 5.41) is 29.6. The lowest BCUT2D eigenvalue weighted by Crippen LogP contribution is -2.13. The maximum atomic E-state index is 4.74. The van der Waals surface area contributed by atoms with Crippen molar-refractivity contribution in [1.82, 2.24) is 30.0 Å². The van der Waals surface area contributed by atoms with Crippen molar-refractivity contribution in [3.05, 3.63) is 11.5 Å². The lowest BCUT2D eigenvalue weighted by Gasteiger charge is -2.15. The summed E-state index contributed by atoms with van der Waals surface area (Å²) in [4.78, 5) is 0. The predicted molar refractivity (Wildman–Crippen MR) is 101 cm³/mol. The van der Waals surface area contributed by atoms with E-state index < -0.39 is 0 Å². The molecule has 8 nitrogen and oxygen atoms in total. The summed E-state index contributed by atoms with van der Waals surface area (Å²) in [6.45, 7) is 12.6. The summed E-state index contributed by atoms with van der Waals surface area (Å²) in [5.41, 5.74) is 2.16. The van der Waals surface area contributed by atoms with Gasteiger partial charge in [0.05, 0.1) is 5.69 Å². The van der Waals surface area contributed by atoms with E-state index in [0.717, 1.165) is 27.3 Å². The molecule has 0 aliphatic rings. The van der Waals surface area contributed by atoms with Crippen LogP contribution in [0, 0.1) is 0 Å². The normalized spacial score (nSPS) is 12.9. The van der Waals surface area contributed by atoms with Crippen molar-refractivity contribution < 1.29 is 0 Å². The summed E-state index contributed by atoms with van der Waals surface area (Å²) in [5.74, 6) is 2.08. The number of H-pyrrole nitrogens is 1. The van der Waals surface area contributed by atoms with E-state index in [1.807, 2.05) is 4.52 Å². The Kier molecular flexibility index (Phi) is 4.92. The predicted octanol–water partition coefficient (Wildman–Crippen LogP) is 4.86. The fourth-order valence-electron chi connectivity index (χ4n) is 2.32. The van der Waals surface area contributed by atoms with Gasteiger partial charge in [-0.2, -0.15) is 14.7 Å². The maximum Gasteiger partial charge on any atom is 0.252 e. The van der Waals surface area contributed by atoms with Crippen LogP contribution >= 0.6 is 23.1 Å². The van der Waals surface area contributed by atoms with E-state index in [9.17, 15) is 0 Å². The van der Waals surface area contributed by atoms with Gasteiger partial charge < -0.3 is 0 Å². The maximum absolute atomic E-state index is 4.74. The van der Waals surface area contributed by atoms with Gasteiger partial charge in [-0.3, -0.25) is 5.10 Å². The average Bonchev–Trinajstić information content (AvgIpc) is 3.18. The number of nitrogens with zero attached hydrogens (tertiary/aromatic N) is 7. The van der Waals surface area contributed by atoms with Gasteiger partial charge in [-0.1, -0.05) is 64.6 Å². The molecule has 0 fully saturated rings. The number of aromatic nitrogens is 6. The van der Waals surface area contributed by atoms with Gasteiger partial charge in [0, 0.05) is 11.3 Å². The van der Waals surface area contributed by atoms with E-state index in [1.165, 1.54) is 11.3 Å². The van der Waals surface area contributed by atoms with Crippen LogP contribution in [0.1, 0.15) is 59.0 Å². The first-order valence-electron chi connectivity index (χ1n) is 8.16. The number of nitrogens with one attached hydrogen (secondary N) is 1. The molecule has 3 aromatic heterocycles. The van der Waals surface area contributed by atoms with Gasteiger partial charge in [-0.05, 0) is 5.75 Å². The number of hydrogen-bond acceptors (Lipinski definition) is 8. The molecule has 0 aliphatic carbocycles. The van der Waals surface area contributed by atoms with Gasteiger partial charge >= 0.3 is 0 Å². The fourth-order valence-corrected chi connectivity index (χ4v) is 3.88. The summed E-state index contributed by atoms with van der Waals surface area (Å²) in [6.07, 6.45) is 0. The molecule has 0 aliphatic heterocycles. The minimum atomic E-state index is -0.167. The van der Waals surface area contributed by atoms with Crippen LogP contribution in [0.4, 0.5) is 10.8 Å². The van der Waals surface area contributed by atoms with Gasteiger partial charge in [-0.15, -0.1) is 20.4 Å². The summed E-state index contributed by atoms with van der Waals surface area (Å²) in [7, 11) is 0. The third kappa shape index (κ3) is 3.59. The largest absolute Gasteiger partial charge is 0.258 e. The highest BCUT2D eigenvalue weighted by Gasteiger charge is 2.27. The van der Waals surface area contributed by atoms with Crippen LogP contribution in [0.5, 0.6) is 0 Å². The van der Waals surface area contributed by atoms with Gasteiger partial charge in [0.2, 0.25) is 0 Å². The van der Waals surface area contributed by atoms with Crippen molar-refractivity contribution in [3.63, 3.8) is 0 Å². The van der Waals surface area contributed by atoms with Gasteiger partial charge in [0.15, 0.2) is 21.5 Å². The Morgan fingerprint density at radius 1 is 1.24 bits per heavy atom. The Balaban J connectivity index is 2.05. The molecule has 0 saturated carbocycles. The highest BCUT2D eigenvalue weighted by atomic mass is 32.2. The highest BCUT2D eigenvalue weighted by Crippen LogP contribution is 2.36. The molecule has 0 aromatic carbocycles. The van der Waals surface area contributed by atoms with Crippen LogP contribution in [-0.4, -0.2) is 35.8 Å². The van der Waals surface area contributed by atoms with Crippen LogP contribution in [0.15, 0.2) is 14.6 Å². The molecule has 25 heavy (non-hydrogen) atoms. The molecule has 0 unspecified atom stereocenters. The molecule has 10 heteroatoms. The molecule has 134 valence electrons. The van der Waals surface area contributed by atoms with Crippen LogP contribution in [0.2, 0.25) is 0 Å². The van der Waals surface area contributed by atoms with Crippen LogP contribution in [0.25, 0.3) is 5.65 Å². The zero-order valence-electron chi connectivity index (χ0n) is 15.2. The van der Waals surface area contributed by atoms with Crippen molar-refractivity contribution in [2.45, 2.75) is 57.2 Å². The number of rotatable bonds is 5. The van der Waals surface area contributed by atoms with E-state index in [4.69, 9.17) is 5.10 Å². The highest BCUT2D eigenvalue weighted by molar-refractivity contribution is 8.01. The van der Waals surface area contributed by atoms with Crippen molar-refractivity contribution in [1.29, 1.82) is 0 Å². The third-order valence-corrected chi connectivity index (χ3v) is 5.30. The molecule has 3 aromatic rings. The van der Waals surface area contributed by atoms with Gasteiger partial charge in [-0.25, -0.2) is 0 Å². The Labute approximate surface area is 154 Å². The second-order valence-electron chi connectivity index (χ2n) is 6.93. The van der Waals surface area contributed by atoms with Crippen molar-refractivity contribution >= 4 is 39.6 Å². The second kappa shape index (κ2) is 6.83. The quantitative estimate of drug-likeness (QED) is 0.505. The molecule has 0 saturated heterocycles. The van der Waals surface area contributed by atoms with Gasteiger partial charge in [0.25, 0.3) is 5.13 Å². The molecule has 0 radical (unpaired) electrons. The molecule has 3 rings (SSSR count). The fraction of sp³-hybridized carbons (Fsp3) is 0.600. The second-order valence-corrected chi connectivity index (χ2v) is 9.39. The standard InChI is InChI=1S/C15H22N8S2/c1-7-24-14-21-20-13(25-14)19-16-9-10(15(4,5)6)22-23-11(8(2)3)17-18-12(9)23/h8,18H,7H2,1-6H3/b19-16+. The molecule has 3 heterocycles. The molecular formula is C15H22N8S2. The number of azo groups is 1.